The van der Waals surface area contributed by atoms with Gasteiger partial charge < -0.3 is 10.6 Å². The molecule has 2 N–H and O–H groups in total. The number of amides is 2. The van der Waals surface area contributed by atoms with E-state index in [0.717, 1.165) is 24.4 Å². The molecule has 1 aromatic heterocycles. The number of hydrogen-bond donors (Lipinski definition) is 2. The van der Waals surface area contributed by atoms with Crippen LogP contribution in [0.4, 0.5) is 5.69 Å². The molecule has 1 aromatic carbocycles. The van der Waals surface area contributed by atoms with E-state index >= 15 is 0 Å². The van der Waals surface area contributed by atoms with E-state index in [1.165, 1.54) is 0 Å². The van der Waals surface area contributed by atoms with Gasteiger partial charge in [0.2, 0.25) is 0 Å². The van der Waals surface area contributed by atoms with E-state index in [4.69, 9.17) is 0 Å². The number of nitrogens with zero attached hydrogens (tertiary/aromatic N) is 2. The van der Waals surface area contributed by atoms with Crippen LogP contribution in [0.2, 0.25) is 0 Å². The predicted octanol–water partition coefficient (Wildman–Crippen LogP) is 2.25. The Balaban J connectivity index is 1.72. The number of carbonyl (C=O) groups excluding carboxylic acids is 2. The van der Waals surface area contributed by atoms with Crippen molar-refractivity contribution >= 4 is 29.0 Å². The van der Waals surface area contributed by atoms with E-state index in [0.29, 0.717) is 34.3 Å². The van der Waals surface area contributed by atoms with Crippen LogP contribution in [-0.2, 0) is 6.42 Å². The maximum atomic E-state index is 12.2. The Labute approximate surface area is 132 Å². The number of aromatic nitrogens is 2. The van der Waals surface area contributed by atoms with E-state index in [2.05, 4.69) is 20.2 Å². The van der Waals surface area contributed by atoms with Crippen LogP contribution < -0.4 is 10.6 Å². The Kier molecular flexibility index (Phi) is 4.15. The van der Waals surface area contributed by atoms with Crippen LogP contribution in [0.1, 0.15) is 45.5 Å². The van der Waals surface area contributed by atoms with Crippen LogP contribution >= 0.6 is 11.5 Å². The van der Waals surface area contributed by atoms with Crippen LogP contribution in [0.15, 0.2) is 24.3 Å². The lowest BCUT2D eigenvalue weighted by Crippen LogP contribution is -2.25. The first kappa shape index (κ1) is 14.6. The Hall–Kier alpha value is -2.28. The number of aryl methyl sites for hydroxylation is 1. The van der Waals surface area contributed by atoms with Crippen molar-refractivity contribution in [1.29, 1.82) is 0 Å². The highest BCUT2D eigenvalue weighted by Crippen LogP contribution is 2.20. The molecule has 1 saturated carbocycles. The molecule has 2 amide bonds. The fourth-order valence-electron chi connectivity index (χ4n) is 2.03. The first-order valence-electron chi connectivity index (χ1n) is 7.21. The molecule has 1 heterocycles. The molecular formula is C15H16N4O2S. The van der Waals surface area contributed by atoms with Crippen molar-refractivity contribution in [3.8, 4) is 0 Å². The summed E-state index contributed by atoms with van der Waals surface area (Å²) in [6.45, 7) is 1.93. The van der Waals surface area contributed by atoms with Crippen LogP contribution in [0.5, 0.6) is 0 Å². The van der Waals surface area contributed by atoms with E-state index in [9.17, 15) is 9.59 Å². The summed E-state index contributed by atoms with van der Waals surface area (Å²) in [7, 11) is 0. The van der Waals surface area contributed by atoms with Gasteiger partial charge in [-0.1, -0.05) is 17.5 Å². The van der Waals surface area contributed by atoms with Gasteiger partial charge in [-0.25, -0.2) is 0 Å². The lowest BCUT2D eigenvalue weighted by atomic mass is 10.2. The molecule has 0 bridgehead atoms. The van der Waals surface area contributed by atoms with Gasteiger partial charge in [0.25, 0.3) is 11.8 Å². The van der Waals surface area contributed by atoms with E-state index < -0.39 is 0 Å². The highest BCUT2D eigenvalue weighted by Gasteiger charge is 2.24. The highest BCUT2D eigenvalue weighted by molar-refractivity contribution is 7.08. The summed E-state index contributed by atoms with van der Waals surface area (Å²) < 4.78 is 3.81. The topological polar surface area (TPSA) is 84.0 Å². The minimum absolute atomic E-state index is 0.104. The molecule has 0 spiro atoms. The van der Waals surface area contributed by atoms with E-state index in [1.807, 2.05) is 6.92 Å². The molecule has 1 fully saturated rings. The molecule has 22 heavy (non-hydrogen) atoms. The molecule has 0 atom stereocenters. The number of rotatable bonds is 5. The van der Waals surface area contributed by atoms with Crippen LogP contribution in [0.3, 0.4) is 0 Å². The normalized spacial score (nSPS) is 13.7. The molecule has 7 heteroatoms. The summed E-state index contributed by atoms with van der Waals surface area (Å²) in [4.78, 5) is 24.8. The molecule has 0 aliphatic heterocycles. The van der Waals surface area contributed by atoms with E-state index in [1.54, 1.807) is 24.3 Å². The average Bonchev–Trinajstić information content (AvgIpc) is 3.20. The van der Waals surface area contributed by atoms with Gasteiger partial charge in [-0.05, 0) is 49.0 Å². The third-order valence-corrected chi connectivity index (χ3v) is 4.16. The maximum Gasteiger partial charge on any atom is 0.269 e. The molecule has 1 aliphatic carbocycles. The third-order valence-electron chi connectivity index (χ3n) is 3.39. The van der Waals surface area contributed by atoms with Gasteiger partial charge in [0.05, 0.1) is 5.69 Å². The first-order chi connectivity index (χ1) is 10.7. The molecule has 3 rings (SSSR count). The molecule has 0 saturated heterocycles. The van der Waals surface area contributed by atoms with Crippen molar-refractivity contribution in [1.82, 2.24) is 14.9 Å². The number of carbonyl (C=O) groups is 2. The molecule has 1 aliphatic rings. The summed E-state index contributed by atoms with van der Waals surface area (Å²) in [6, 6.07) is 7.23. The van der Waals surface area contributed by atoms with Gasteiger partial charge >= 0.3 is 0 Å². The minimum Gasteiger partial charge on any atom is -0.349 e. The predicted molar refractivity (Wildman–Crippen MR) is 84.2 cm³/mol. The fourth-order valence-corrected chi connectivity index (χ4v) is 2.68. The van der Waals surface area contributed by atoms with Gasteiger partial charge in [-0.15, -0.1) is 5.10 Å². The number of anilines is 1. The van der Waals surface area contributed by atoms with Gasteiger partial charge in [0, 0.05) is 17.3 Å². The zero-order valence-electron chi connectivity index (χ0n) is 12.1. The lowest BCUT2D eigenvalue weighted by Gasteiger charge is -2.07. The molecule has 6 nitrogen and oxygen atoms in total. The summed E-state index contributed by atoms with van der Waals surface area (Å²) in [5.41, 5.74) is 1.82. The van der Waals surface area contributed by atoms with Crippen LogP contribution in [-0.4, -0.2) is 27.4 Å². The van der Waals surface area contributed by atoms with Crippen molar-refractivity contribution in [3.63, 3.8) is 0 Å². The number of benzene rings is 1. The Morgan fingerprint density at radius 1 is 1.32 bits per heavy atom. The standard InChI is InChI=1S/C15H16N4O2S/c1-2-12-13(22-19-18-12)15(21)17-11-5-3-4-9(8-11)14(20)16-10-6-7-10/h3-5,8,10H,2,6-7H2,1H3,(H,16,20)(H,17,21). The highest BCUT2D eigenvalue weighted by atomic mass is 32.1. The molecule has 2 aromatic rings. The Morgan fingerprint density at radius 3 is 2.86 bits per heavy atom. The van der Waals surface area contributed by atoms with Gasteiger partial charge in [-0.2, -0.15) is 0 Å². The first-order valence-corrected chi connectivity index (χ1v) is 7.98. The van der Waals surface area contributed by atoms with Gasteiger partial charge in [-0.3, -0.25) is 9.59 Å². The SMILES string of the molecule is CCc1nnsc1C(=O)Nc1cccc(C(=O)NC2CC2)c1. The number of nitrogens with one attached hydrogen (secondary N) is 2. The van der Waals surface area contributed by atoms with Crippen molar-refractivity contribution in [3.05, 3.63) is 40.4 Å². The third kappa shape index (κ3) is 3.30. The smallest absolute Gasteiger partial charge is 0.269 e. The summed E-state index contributed by atoms with van der Waals surface area (Å²) in [6.07, 6.45) is 2.74. The maximum absolute atomic E-state index is 12.2. The van der Waals surface area contributed by atoms with Crippen molar-refractivity contribution in [2.75, 3.05) is 5.32 Å². The largest absolute Gasteiger partial charge is 0.349 e. The Morgan fingerprint density at radius 2 is 2.14 bits per heavy atom. The van der Waals surface area contributed by atoms with Crippen LogP contribution in [0.25, 0.3) is 0 Å². The van der Waals surface area contributed by atoms with E-state index in [-0.39, 0.29) is 11.8 Å². The molecule has 0 radical (unpaired) electrons. The second-order valence-corrected chi connectivity index (χ2v) is 5.94. The molecular weight excluding hydrogens is 300 g/mol. The lowest BCUT2D eigenvalue weighted by molar-refractivity contribution is 0.0949. The molecule has 0 unspecified atom stereocenters. The zero-order chi connectivity index (χ0) is 15.5. The number of hydrogen-bond acceptors (Lipinski definition) is 5. The fraction of sp³-hybridized carbons (Fsp3) is 0.333. The van der Waals surface area contributed by atoms with Crippen molar-refractivity contribution in [2.45, 2.75) is 32.2 Å². The van der Waals surface area contributed by atoms with Crippen molar-refractivity contribution in [2.24, 2.45) is 0 Å². The zero-order valence-corrected chi connectivity index (χ0v) is 12.9. The monoisotopic (exact) mass is 316 g/mol. The van der Waals surface area contributed by atoms with Crippen molar-refractivity contribution < 1.29 is 9.59 Å². The van der Waals surface area contributed by atoms with Gasteiger partial charge in [0.15, 0.2) is 0 Å². The summed E-state index contributed by atoms with van der Waals surface area (Å²) in [5, 5.41) is 9.65. The Bertz CT molecular complexity index is 709. The van der Waals surface area contributed by atoms with Crippen LogP contribution in [0, 0.1) is 0 Å². The second kappa shape index (κ2) is 6.23. The minimum atomic E-state index is -0.244. The quantitative estimate of drug-likeness (QED) is 0.886. The molecule has 114 valence electrons. The average molecular weight is 316 g/mol. The second-order valence-electron chi connectivity index (χ2n) is 5.18. The van der Waals surface area contributed by atoms with Gasteiger partial charge in [0.1, 0.15) is 4.88 Å². The summed E-state index contributed by atoms with van der Waals surface area (Å²) in [5.74, 6) is -0.348. The summed E-state index contributed by atoms with van der Waals surface area (Å²) >= 11 is 1.08.